The Labute approximate surface area is 242 Å². The number of carboxylic acid groups (broad SMARTS) is 1. The molecule has 2 fully saturated rings. The molecule has 2 N–H and O–H groups in total. The van der Waals surface area contributed by atoms with Crippen molar-refractivity contribution in [2.75, 3.05) is 39.9 Å². The fourth-order valence-corrected chi connectivity index (χ4v) is 6.03. The summed E-state index contributed by atoms with van der Waals surface area (Å²) in [7, 11) is 1.68. The third-order valence-electron chi connectivity index (χ3n) is 8.32. The SMILES string of the molecule is COC[C@@H](C)N1C[C@@H](c2ccccc2)N(C2CCN(CC3=C(C)NC(Oc4ccc(C(=O)O)cc4)C=C3)CC2)C1=O. The molecule has 9 heteroatoms. The van der Waals surface area contributed by atoms with Crippen LogP contribution in [0.1, 0.15) is 48.7 Å². The summed E-state index contributed by atoms with van der Waals surface area (Å²) in [6.45, 7) is 7.99. The molecule has 2 amide bonds. The number of hydrogen-bond donors (Lipinski definition) is 2. The lowest BCUT2D eigenvalue weighted by atomic mass is 9.98. The minimum Gasteiger partial charge on any atom is -0.478 e. The maximum atomic E-state index is 13.7. The highest BCUT2D eigenvalue weighted by Crippen LogP contribution is 2.36. The summed E-state index contributed by atoms with van der Waals surface area (Å²) in [6.07, 6.45) is 5.65. The summed E-state index contributed by atoms with van der Waals surface area (Å²) >= 11 is 0. The van der Waals surface area contributed by atoms with E-state index in [1.54, 1.807) is 19.2 Å². The number of methoxy groups -OCH3 is 1. The molecule has 0 aromatic heterocycles. The Morgan fingerprint density at radius 2 is 1.80 bits per heavy atom. The van der Waals surface area contributed by atoms with E-state index in [2.05, 4.69) is 47.2 Å². The van der Waals surface area contributed by atoms with Crippen LogP contribution < -0.4 is 10.1 Å². The Hall–Kier alpha value is -3.82. The van der Waals surface area contributed by atoms with E-state index >= 15 is 0 Å². The molecule has 3 heterocycles. The van der Waals surface area contributed by atoms with Crippen molar-refractivity contribution in [1.29, 1.82) is 0 Å². The number of hydrogen-bond acceptors (Lipinski definition) is 6. The third kappa shape index (κ3) is 6.57. The Morgan fingerprint density at radius 3 is 2.44 bits per heavy atom. The summed E-state index contributed by atoms with van der Waals surface area (Å²) in [5.41, 5.74) is 3.69. The van der Waals surface area contributed by atoms with E-state index in [9.17, 15) is 9.59 Å². The van der Waals surface area contributed by atoms with Crippen molar-refractivity contribution < 1.29 is 24.2 Å². The largest absolute Gasteiger partial charge is 0.478 e. The molecule has 0 bridgehead atoms. The van der Waals surface area contributed by atoms with Crippen molar-refractivity contribution in [3.8, 4) is 5.75 Å². The fraction of sp³-hybridized carbons (Fsp3) is 0.438. The van der Waals surface area contributed by atoms with Gasteiger partial charge in [0.1, 0.15) is 5.75 Å². The minimum atomic E-state index is -0.957. The number of urea groups is 1. The number of carboxylic acids is 1. The molecule has 9 nitrogen and oxygen atoms in total. The first kappa shape index (κ1) is 28.7. The first-order valence-electron chi connectivity index (χ1n) is 14.3. The second kappa shape index (κ2) is 12.8. The topological polar surface area (TPSA) is 94.6 Å². The van der Waals surface area contributed by atoms with Crippen LogP contribution in [0.15, 0.2) is 78.0 Å². The number of piperidine rings is 1. The molecule has 41 heavy (non-hydrogen) atoms. The summed E-state index contributed by atoms with van der Waals surface area (Å²) in [4.78, 5) is 31.3. The number of rotatable bonds is 10. The zero-order valence-corrected chi connectivity index (χ0v) is 24.0. The number of nitrogens with zero attached hydrogens (tertiary/aromatic N) is 3. The molecule has 0 radical (unpaired) electrons. The van der Waals surface area contributed by atoms with Crippen molar-refractivity contribution in [1.82, 2.24) is 20.0 Å². The fourth-order valence-electron chi connectivity index (χ4n) is 6.03. The number of ether oxygens (including phenoxy) is 2. The highest BCUT2D eigenvalue weighted by molar-refractivity contribution is 5.87. The van der Waals surface area contributed by atoms with Crippen LogP contribution in [0, 0.1) is 0 Å². The molecular formula is C32H40N4O5. The van der Waals surface area contributed by atoms with Gasteiger partial charge in [0.25, 0.3) is 0 Å². The molecule has 3 atom stereocenters. The normalized spacial score (nSPS) is 22.7. The number of likely N-dealkylation sites (tertiary alicyclic amines) is 1. The van der Waals surface area contributed by atoms with Crippen LogP contribution in [0.25, 0.3) is 0 Å². The Balaban J connectivity index is 1.17. The van der Waals surface area contributed by atoms with Gasteiger partial charge in [-0.15, -0.1) is 0 Å². The van der Waals surface area contributed by atoms with E-state index in [1.165, 1.54) is 23.3 Å². The lowest BCUT2D eigenvalue weighted by Gasteiger charge is -2.39. The van der Waals surface area contributed by atoms with Crippen LogP contribution in [0.2, 0.25) is 0 Å². The Kier molecular flexibility index (Phi) is 8.95. The van der Waals surface area contributed by atoms with E-state index in [0.29, 0.717) is 18.9 Å². The van der Waals surface area contributed by atoms with Crippen molar-refractivity contribution in [2.45, 2.75) is 51.0 Å². The highest BCUT2D eigenvalue weighted by atomic mass is 16.5. The van der Waals surface area contributed by atoms with E-state index in [-0.39, 0.29) is 35.9 Å². The number of aromatic carboxylic acids is 1. The third-order valence-corrected chi connectivity index (χ3v) is 8.32. The van der Waals surface area contributed by atoms with Gasteiger partial charge in [0.05, 0.1) is 24.3 Å². The molecule has 2 saturated heterocycles. The van der Waals surface area contributed by atoms with E-state index in [4.69, 9.17) is 14.6 Å². The molecule has 2 aromatic carbocycles. The number of carbonyl (C=O) groups excluding carboxylic acids is 1. The van der Waals surface area contributed by atoms with Gasteiger partial charge in [-0.25, -0.2) is 9.59 Å². The quantitative estimate of drug-likeness (QED) is 0.442. The van der Waals surface area contributed by atoms with Crippen LogP contribution in [-0.4, -0.2) is 90.0 Å². The van der Waals surface area contributed by atoms with Crippen molar-refractivity contribution >= 4 is 12.0 Å². The minimum absolute atomic E-state index is 0.0289. The molecule has 5 rings (SSSR count). The average Bonchev–Trinajstić information content (AvgIpc) is 3.33. The molecule has 2 aromatic rings. The average molecular weight is 561 g/mol. The summed E-state index contributed by atoms with van der Waals surface area (Å²) in [6, 6.07) is 17.2. The van der Waals surface area contributed by atoms with E-state index < -0.39 is 5.97 Å². The van der Waals surface area contributed by atoms with Crippen LogP contribution in [0.5, 0.6) is 5.75 Å². The number of benzene rings is 2. The van der Waals surface area contributed by atoms with Gasteiger partial charge in [-0.2, -0.15) is 0 Å². The predicted octanol–water partition coefficient (Wildman–Crippen LogP) is 4.50. The maximum Gasteiger partial charge on any atom is 0.335 e. The van der Waals surface area contributed by atoms with Crippen LogP contribution in [-0.2, 0) is 4.74 Å². The number of nitrogens with one attached hydrogen (secondary N) is 1. The van der Waals surface area contributed by atoms with Gasteiger partial charge < -0.3 is 29.7 Å². The van der Waals surface area contributed by atoms with Gasteiger partial charge >= 0.3 is 12.0 Å². The number of allylic oxidation sites excluding steroid dienone is 1. The van der Waals surface area contributed by atoms with Gasteiger partial charge in [-0.1, -0.05) is 36.4 Å². The number of dihydropyridines is 1. The predicted molar refractivity (Wildman–Crippen MR) is 157 cm³/mol. The zero-order valence-electron chi connectivity index (χ0n) is 24.0. The second-order valence-electron chi connectivity index (χ2n) is 11.1. The van der Waals surface area contributed by atoms with Gasteiger partial charge in [-0.05, 0) is 68.2 Å². The van der Waals surface area contributed by atoms with Gasteiger partial charge in [0.2, 0.25) is 0 Å². The zero-order chi connectivity index (χ0) is 28.9. The number of amides is 2. The Morgan fingerprint density at radius 1 is 1.10 bits per heavy atom. The van der Waals surface area contributed by atoms with E-state index in [1.807, 2.05) is 29.2 Å². The molecular weight excluding hydrogens is 520 g/mol. The molecule has 1 unspecified atom stereocenters. The smallest absolute Gasteiger partial charge is 0.335 e. The van der Waals surface area contributed by atoms with E-state index in [0.717, 1.165) is 38.2 Å². The van der Waals surface area contributed by atoms with Crippen molar-refractivity contribution in [3.63, 3.8) is 0 Å². The molecule has 0 spiro atoms. The molecule has 3 aliphatic heterocycles. The van der Waals surface area contributed by atoms with Crippen LogP contribution in [0.3, 0.4) is 0 Å². The highest BCUT2D eigenvalue weighted by Gasteiger charge is 2.44. The molecule has 3 aliphatic rings. The van der Waals surface area contributed by atoms with Crippen LogP contribution in [0.4, 0.5) is 4.79 Å². The van der Waals surface area contributed by atoms with Crippen molar-refractivity contribution in [2.24, 2.45) is 0 Å². The second-order valence-corrected chi connectivity index (χ2v) is 11.1. The van der Waals surface area contributed by atoms with Gasteiger partial charge in [-0.3, -0.25) is 4.90 Å². The summed E-state index contributed by atoms with van der Waals surface area (Å²) < 4.78 is 11.3. The van der Waals surface area contributed by atoms with Gasteiger partial charge in [0.15, 0.2) is 6.23 Å². The monoisotopic (exact) mass is 560 g/mol. The van der Waals surface area contributed by atoms with Crippen LogP contribution >= 0.6 is 0 Å². The standard InChI is InChI=1S/C32H40N4O5/c1-22(21-40-3)35-20-29(24-7-5-4-6-8-24)36(32(35)39)27-15-17-34(18-16-27)19-26-11-14-30(33-23(26)2)41-28-12-9-25(10-13-28)31(37)38/h4-14,22,27,29-30,33H,15-21H2,1-3H3,(H,37,38)/t22-,29+,30?/m1/s1. The van der Waals surface area contributed by atoms with Gasteiger partial charge in [0, 0.05) is 45.0 Å². The van der Waals surface area contributed by atoms with Crippen molar-refractivity contribution in [3.05, 3.63) is 89.1 Å². The summed E-state index contributed by atoms with van der Waals surface area (Å²) in [5.74, 6) is -0.350. The number of carbonyl (C=O) groups is 2. The summed E-state index contributed by atoms with van der Waals surface area (Å²) in [5, 5.41) is 12.5. The lowest BCUT2D eigenvalue weighted by molar-refractivity contribution is 0.0696. The molecule has 0 aliphatic carbocycles. The Bertz CT molecular complexity index is 1270. The first-order chi connectivity index (χ1) is 19.8. The first-order valence-corrected chi connectivity index (χ1v) is 14.3. The maximum absolute atomic E-state index is 13.7. The molecule has 0 saturated carbocycles. The lowest BCUT2D eigenvalue weighted by Crippen LogP contribution is -2.48. The molecule has 218 valence electrons.